The molecule has 5 nitrogen and oxygen atoms in total. The Balaban J connectivity index is 2.08. The predicted octanol–water partition coefficient (Wildman–Crippen LogP) is 2.70. The highest BCUT2D eigenvalue weighted by atomic mass is 35.5. The van der Waals surface area contributed by atoms with Crippen LogP contribution in [0.5, 0.6) is 5.75 Å². The first kappa shape index (κ1) is 16.7. The van der Waals surface area contributed by atoms with Gasteiger partial charge in [-0.3, -0.25) is 20.4 Å². The third kappa shape index (κ3) is 4.17. The fourth-order valence-corrected chi connectivity index (χ4v) is 1.95. The van der Waals surface area contributed by atoms with Crippen LogP contribution in [-0.4, -0.2) is 18.9 Å². The van der Waals surface area contributed by atoms with E-state index in [2.05, 4.69) is 10.9 Å². The number of carbonyl (C=O) groups is 2. The highest BCUT2D eigenvalue weighted by Gasteiger charge is 2.15. The maximum Gasteiger partial charge on any atom is 0.273 e. The lowest BCUT2D eigenvalue weighted by Crippen LogP contribution is -2.41. The number of benzene rings is 2. The van der Waals surface area contributed by atoms with Gasteiger partial charge in [0.05, 0.1) is 12.7 Å². The molecular formula is C15H11ClF2N2O3. The number of amides is 2. The molecule has 23 heavy (non-hydrogen) atoms. The zero-order valence-electron chi connectivity index (χ0n) is 11.8. The molecule has 0 aliphatic heterocycles. The molecule has 0 unspecified atom stereocenters. The summed E-state index contributed by atoms with van der Waals surface area (Å²) in [6, 6.07) is 6.63. The quantitative estimate of drug-likeness (QED) is 0.844. The van der Waals surface area contributed by atoms with E-state index < -0.39 is 23.4 Å². The van der Waals surface area contributed by atoms with E-state index in [1.807, 2.05) is 0 Å². The zero-order valence-corrected chi connectivity index (χ0v) is 12.6. The van der Waals surface area contributed by atoms with Gasteiger partial charge in [0.1, 0.15) is 17.4 Å². The molecule has 2 N–H and O–H groups in total. The number of nitrogens with one attached hydrogen (secondary N) is 2. The van der Waals surface area contributed by atoms with E-state index in [0.717, 1.165) is 12.1 Å². The molecule has 2 rings (SSSR count). The maximum absolute atomic E-state index is 13.1. The summed E-state index contributed by atoms with van der Waals surface area (Å²) in [5.41, 5.74) is 4.04. The van der Waals surface area contributed by atoms with E-state index in [-0.39, 0.29) is 16.9 Å². The van der Waals surface area contributed by atoms with Crippen LogP contribution >= 0.6 is 11.6 Å². The standard InChI is InChI=1S/C15H11ClF2N2O3/c1-23-13-6-9(16)2-3-12(13)15(22)20-19-14(21)8-4-10(17)7-11(18)5-8/h2-7H,1H3,(H,19,21)(H,20,22). The Hall–Kier alpha value is -2.67. The van der Waals surface area contributed by atoms with E-state index in [9.17, 15) is 18.4 Å². The van der Waals surface area contributed by atoms with Crippen LogP contribution in [-0.2, 0) is 0 Å². The Morgan fingerprint density at radius 3 is 2.22 bits per heavy atom. The molecule has 0 aliphatic carbocycles. The number of hydrogen-bond donors (Lipinski definition) is 2. The Kier molecular flexibility index (Phi) is 5.13. The van der Waals surface area contributed by atoms with Crippen LogP contribution in [0.3, 0.4) is 0 Å². The van der Waals surface area contributed by atoms with Crippen molar-refractivity contribution in [2.75, 3.05) is 7.11 Å². The minimum Gasteiger partial charge on any atom is -0.496 e. The van der Waals surface area contributed by atoms with Gasteiger partial charge in [-0.25, -0.2) is 8.78 Å². The van der Waals surface area contributed by atoms with Crippen molar-refractivity contribution < 1.29 is 23.1 Å². The molecule has 0 radical (unpaired) electrons. The van der Waals surface area contributed by atoms with Gasteiger partial charge >= 0.3 is 0 Å². The number of carbonyl (C=O) groups excluding carboxylic acids is 2. The van der Waals surface area contributed by atoms with Crippen LogP contribution in [0.1, 0.15) is 20.7 Å². The third-order valence-electron chi connectivity index (χ3n) is 2.82. The average Bonchev–Trinajstić information content (AvgIpc) is 2.51. The van der Waals surface area contributed by atoms with Crippen LogP contribution in [0, 0.1) is 11.6 Å². The van der Waals surface area contributed by atoms with Gasteiger partial charge in [0.25, 0.3) is 11.8 Å². The minimum absolute atomic E-state index is 0.127. The zero-order chi connectivity index (χ0) is 17.0. The van der Waals surface area contributed by atoms with Crippen molar-refractivity contribution in [2.24, 2.45) is 0 Å². The van der Waals surface area contributed by atoms with Gasteiger partial charge in [0.2, 0.25) is 0 Å². The van der Waals surface area contributed by atoms with E-state index in [4.69, 9.17) is 16.3 Å². The van der Waals surface area contributed by atoms with Gasteiger partial charge in [-0.2, -0.15) is 0 Å². The molecular weight excluding hydrogens is 330 g/mol. The maximum atomic E-state index is 13.1. The SMILES string of the molecule is COc1cc(Cl)ccc1C(=O)NNC(=O)c1cc(F)cc(F)c1. The summed E-state index contributed by atoms with van der Waals surface area (Å²) in [5.74, 6) is -3.14. The Morgan fingerprint density at radius 2 is 1.61 bits per heavy atom. The van der Waals surface area contributed by atoms with E-state index >= 15 is 0 Å². The van der Waals surface area contributed by atoms with Crippen LogP contribution in [0.15, 0.2) is 36.4 Å². The van der Waals surface area contributed by atoms with Gasteiger partial charge in [-0.1, -0.05) is 11.6 Å². The molecule has 0 saturated carbocycles. The number of methoxy groups -OCH3 is 1. The predicted molar refractivity (Wildman–Crippen MR) is 79.3 cm³/mol. The highest BCUT2D eigenvalue weighted by molar-refractivity contribution is 6.30. The van der Waals surface area contributed by atoms with Gasteiger partial charge < -0.3 is 4.74 Å². The molecule has 120 valence electrons. The number of hydrogen-bond acceptors (Lipinski definition) is 3. The second-order valence-electron chi connectivity index (χ2n) is 4.41. The lowest BCUT2D eigenvalue weighted by molar-refractivity contribution is 0.0844. The molecule has 8 heteroatoms. The molecule has 0 fully saturated rings. The highest BCUT2D eigenvalue weighted by Crippen LogP contribution is 2.22. The molecule has 0 atom stereocenters. The largest absolute Gasteiger partial charge is 0.496 e. The molecule has 0 saturated heterocycles. The van der Waals surface area contributed by atoms with Crippen molar-refractivity contribution in [1.82, 2.24) is 10.9 Å². The normalized spacial score (nSPS) is 10.1. The van der Waals surface area contributed by atoms with Crippen LogP contribution in [0.2, 0.25) is 5.02 Å². The van der Waals surface area contributed by atoms with E-state index in [0.29, 0.717) is 11.1 Å². The Morgan fingerprint density at radius 1 is 1.00 bits per heavy atom. The second kappa shape index (κ2) is 7.06. The van der Waals surface area contributed by atoms with Gasteiger partial charge in [-0.15, -0.1) is 0 Å². The summed E-state index contributed by atoms with van der Waals surface area (Å²) in [6.45, 7) is 0. The third-order valence-corrected chi connectivity index (χ3v) is 3.06. The van der Waals surface area contributed by atoms with Crippen molar-refractivity contribution in [3.05, 3.63) is 64.2 Å². The van der Waals surface area contributed by atoms with Gasteiger partial charge in [0, 0.05) is 16.7 Å². The fourth-order valence-electron chi connectivity index (χ4n) is 1.79. The molecule has 0 aliphatic rings. The topological polar surface area (TPSA) is 67.4 Å². The average molecular weight is 341 g/mol. The molecule has 2 amide bonds. The van der Waals surface area contributed by atoms with Crippen molar-refractivity contribution in [3.8, 4) is 5.75 Å². The summed E-state index contributed by atoms with van der Waals surface area (Å²) in [7, 11) is 1.36. The monoisotopic (exact) mass is 340 g/mol. The lowest BCUT2D eigenvalue weighted by Gasteiger charge is -2.10. The second-order valence-corrected chi connectivity index (χ2v) is 4.85. The smallest absolute Gasteiger partial charge is 0.273 e. The number of hydrazine groups is 1. The number of rotatable bonds is 3. The summed E-state index contributed by atoms with van der Waals surface area (Å²) < 4.78 is 31.1. The first-order valence-corrected chi connectivity index (χ1v) is 6.69. The first-order chi connectivity index (χ1) is 10.9. The summed E-state index contributed by atoms with van der Waals surface area (Å²) in [5, 5.41) is 0.373. The lowest BCUT2D eigenvalue weighted by atomic mass is 10.2. The van der Waals surface area contributed by atoms with Crippen molar-refractivity contribution in [2.45, 2.75) is 0 Å². The first-order valence-electron chi connectivity index (χ1n) is 6.31. The minimum atomic E-state index is -0.902. The molecule has 0 bridgehead atoms. The Labute approximate surface area is 135 Å². The Bertz CT molecular complexity index is 748. The van der Waals surface area contributed by atoms with Gasteiger partial charge in [-0.05, 0) is 30.3 Å². The molecule has 2 aromatic rings. The molecule has 2 aromatic carbocycles. The van der Waals surface area contributed by atoms with Crippen LogP contribution in [0.4, 0.5) is 8.78 Å². The van der Waals surface area contributed by atoms with Crippen LogP contribution in [0.25, 0.3) is 0 Å². The fraction of sp³-hybridized carbons (Fsp3) is 0.0667. The van der Waals surface area contributed by atoms with Crippen molar-refractivity contribution >= 4 is 23.4 Å². The molecule has 0 spiro atoms. The van der Waals surface area contributed by atoms with Crippen molar-refractivity contribution in [1.29, 1.82) is 0 Å². The van der Waals surface area contributed by atoms with Crippen molar-refractivity contribution in [3.63, 3.8) is 0 Å². The summed E-state index contributed by atoms with van der Waals surface area (Å²) in [4.78, 5) is 23.8. The van der Waals surface area contributed by atoms with E-state index in [1.165, 1.54) is 25.3 Å². The number of halogens is 3. The van der Waals surface area contributed by atoms with Crippen LogP contribution < -0.4 is 15.6 Å². The summed E-state index contributed by atoms with van der Waals surface area (Å²) in [6.07, 6.45) is 0. The summed E-state index contributed by atoms with van der Waals surface area (Å²) >= 11 is 5.78. The van der Waals surface area contributed by atoms with Gasteiger partial charge in [0.15, 0.2) is 0 Å². The number of ether oxygens (including phenoxy) is 1. The molecule has 0 heterocycles. The molecule has 0 aromatic heterocycles. The van der Waals surface area contributed by atoms with E-state index in [1.54, 1.807) is 0 Å².